The summed E-state index contributed by atoms with van der Waals surface area (Å²) in [5.74, 6) is 5.28. The van der Waals surface area contributed by atoms with Gasteiger partial charge in [0.1, 0.15) is 11.9 Å². The van der Waals surface area contributed by atoms with Crippen LogP contribution in [0.25, 0.3) is 10.9 Å². The quantitative estimate of drug-likeness (QED) is 0.392. The van der Waals surface area contributed by atoms with Crippen LogP contribution in [-0.4, -0.2) is 26.3 Å². The first-order valence-electron chi connectivity index (χ1n) is 10.3. The number of hydrogen-bond donors (Lipinski definition) is 2. The molecule has 160 valence electrons. The molecule has 2 atom stereocenters. The van der Waals surface area contributed by atoms with E-state index in [9.17, 15) is 4.79 Å². The number of fused-ring (bicyclic) bond motifs is 1. The van der Waals surface area contributed by atoms with Crippen molar-refractivity contribution in [2.75, 3.05) is 0 Å². The van der Waals surface area contributed by atoms with Gasteiger partial charge < -0.3 is 9.84 Å². The molecule has 0 bridgehead atoms. The predicted molar refractivity (Wildman–Crippen MR) is 122 cm³/mol. The second-order valence-corrected chi connectivity index (χ2v) is 7.50. The molecule has 6 heteroatoms. The number of nitrogens with one attached hydrogen (secondary N) is 1. The van der Waals surface area contributed by atoms with E-state index in [0.717, 1.165) is 27.6 Å². The van der Waals surface area contributed by atoms with Gasteiger partial charge in [-0.25, -0.2) is 0 Å². The first-order chi connectivity index (χ1) is 15.6. The molecule has 0 radical (unpaired) electrons. The Hall–Kier alpha value is -4.11. The molecule has 0 amide bonds. The Balaban J connectivity index is 1.60. The van der Waals surface area contributed by atoms with Gasteiger partial charge in [0, 0.05) is 24.2 Å². The molecule has 2 aromatic heterocycles. The number of aliphatic carboxylic acids is 1. The Kier molecular flexibility index (Phi) is 6.47. The third kappa shape index (κ3) is 5.13. The van der Waals surface area contributed by atoms with Gasteiger partial charge >= 0.3 is 5.97 Å². The van der Waals surface area contributed by atoms with Crippen LogP contribution in [0.1, 0.15) is 42.1 Å². The largest absolute Gasteiger partial charge is 0.485 e. The highest BCUT2D eigenvalue weighted by Gasteiger charge is 2.17. The molecule has 0 saturated carbocycles. The molecule has 2 aromatic carbocycles. The van der Waals surface area contributed by atoms with Gasteiger partial charge in [0.2, 0.25) is 0 Å². The van der Waals surface area contributed by atoms with Crippen molar-refractivity contribution in [1.29, 1.82) is 0 Å². The van der Waals surface area contributed by atoms with E-state index in [1.807, 2.05) is 54.7 Å². The van der Waals surface area contributed by atoms with Crippen LogP contribution >= 0.6 is 0 Å². The zero-order chi connectivity index (χ0) is 22.3. The minimum atomic E-state index is -0.871. The van der Waals surface area contributed by atoms with Gasteiger partial charge in [0.25, 0.3) is 0 Å². The van der Waals surface area contributed by atoms with E-state index in [1.54, 1.807) is 19.3 Å². The van der Waals surface area contributed by atoms with Crippen LogP contribution in [0.3, 0.4) is 0 Å². The van der Waals surface area contributed by atoms with Gasteiger partial charge in [0.05, 0.1) is 24.1 Å². The third-order valence-corrected chi connectivity index (χ3v) is 5.24. The summed E-state index contributed by atoms with van der Waals surface area (Å²) in [7, 11) is 0. The number of aromatic nitrogens is 3. The monoisotopic (exact) mass is 425 g/mol. The lowest BCUT2D eigenvalue weighted by atomic mass is 9.96. The van der Waals surface area contributed by atoms with Crippen molar-refractivity contribution in [1.82, 2.24) is 15.2 Å². The standard InChI is InChI=1S/C26H23N3O3/c1-2-4-20(15-26(30)31)19-8-10-23(11-9-19)32-25(13-18-5-3-12-27-16-18)21-6-7-22-17-28-29-24(22)14-21/h3,5-12,14,16-17,20,25H,13,15H2,1H3,(H,28,29)(H,30,31)/t20?,25-/m0/s1. The molecule has 4 rings (SSSR count). The maximum absolute atomic E-state index is 11.2. The van der Waals surface area contributed by atoms with Gasteiger partial charge in [-0.15, -0.1) is 5.92 Å². The van der Waals surface area contributed by atoms with E-state index in [0.29, 0.717) is 12.2 Å². The SMILES string of the molecule is CC#CC(CC(=O)O)c1ccc(O[C@@H](Cc2cccnc2)c2ccc3cn[nH]c3c2)cc1. The fourth-order valence-corrected chi connectivity index (χ4v) is 3.66. The number of carboxylic acid groups (broad SMARTS) is 1. The summed E-state index contributed by atoms with van der Waals surface area (Å²) in [5.41, 5.74) is 3.90. The van der Waals surface area contributed by atoms with E-state index in [4.69, 9.17) is 9.84 Å². The molecule has 0 aliphatic carbocycles. The normalized spacial score (nSPS) is 12.5. The van der Waals surface area contributed by atoms with E-state index < -0.39 is 5.97 Å². The van der Waals surface area contributed by atoms with E-state index in [2.05, 4.69) is 33.1 Å². The topological polar surface area (TPSA) is 88.1 Å². The molecule has 0 aliphatic heterocycles. The fourth-order valence-electron chi connectivity index (χ4n) is 3.66. The number of hydrogen-bond acceptors (Lipinski definition) is 4. The number of carboxylic acids is 1. The zero-order valence-electron chi connectivity index (χ0n) is 17.7. The van der Waals surface area contributed by atoms with Gasteiger partial charge in [-0.2, -0.15) is 5.10 Å². The molecule has 2 N–H and O–H groups in total. The molecule has 4 aromatic rings. The molecule has 1 unspecified atom stereocenters. The summed E-state index contributed by atoms with van der Waals surface area (Å²) < 4.78 is 6.39. The van der Waals surface area contributed by atoms with Crippen LogP contribution in [0, 0.1) is 11.8 Å². The van der Waals surface area contributed by atoms with Crippen LogP contribution < -0.4 is 4.74 Å². The van der Waals surface area contributed by atoms with Crippen molar-refractivity contribution >= 4 is 16.9 Å². The Morgan fingerprint density at radius 1 is 1.12 bits per heavy atom. The molecule has 0 fully saturated rings. The van der Waals surface area contributed by atoms with Crippen LogP contribution in [0.4, 0.5) is 0 Å². The Morgan fingerprint density at radius 2 is 1.94 bits per heavy atom. The second kappa shape index (κ2) is 9.80. The van der Waals surface area contributed by atoms with Crippen molar-refractivity contribution in [3.05, 3.63) is 89.9 Å². The highest BCUT2D eigenvalue weighted by molar-refractivity contribution is 5.78. The highest BCUT2D eigenvalue weighted by atomic mass is 16.5. The molecular formula is C26H23N3O3. The molecule has 2 heterocycles. The predicted octanol–water partition coefficient (Wildman–Crippen LogP) is 4.90. The molecule has 0 aliphatic rings. The zero-order valence-corrected chi connectivity index (χ0v) is 17.7. The smallest absolute Gasteiger partial charge is 0.304 e. The summed E-state index contributed by atoms with van der Waals surface area (Å²) in [5, 5.41) is 17.3. The maximum atomic E-state index is 11.2. The number of carbonyl (C=O) groups is 1. The number of pyridine rings is 1. The number of ether oxygens (including phenoxy) is 1. The van der Waals surface area contributed by atoms with E-state index in [1.165, 1.54) is 0 Å². The number of rotatable bonds is 8. The third-order valence-electron chi connectivity index (χ3n) is 5.24. The Labute approximate surface area is 186 Å². The lowest BCUT2D eigenvalue weighted by Gasteiger charge is -2.20. The van der Waals surface area contributed by atoms with Crippen molar-refractivity contribution in [2.45, 2.75) is 31.8 Å². The molecule has 0 saturated heterocycles. The average molecular weight is 425 g/mol. The number of aromatic amines is 1. The summed E-state index contributed by atoms with van der Waals surface area (Å²) in [6, 6.07) is 17.6. The van der Waals surface area contributed by atoms with Crippen LogP contribution in [-0.2, 0) is 11.2 Å². The second-order valence-electron chi connectivity index (χ2n) is 7.50. The van der Waals surface area contributed by atoms with E-state index in [-0.39, 0.29) is 18.4 Å². The van der Waals surface area contributed by atoms with Crippen molar-refractivity contribution in [3.63, 3.8) is 0 Å². The van der Waals surface area contributed by atoms with Gasteiger partial charge in [-0.3, -0.25) is 14.9 Å². The van der Waals surface area contributed by atoms with Crippen molar-refractivity contribution in [3.8, 4) is 17.6 Å². The van der Waals surface area contributed by atoms with Gasteiger partial charge in [0.15, 0.2) is 0 Å². The number of nitrogens with zero attached hydrogens (tertiary/aromatic N) is 2. The lowest BCUT2D eigenvalue weighted by molar-refractivity contribution is -0.137. The highest BCUT2D eigenvalue weighted by Crippen LogP contribution is 2.29. The molecular weight excluding hydrogens is 402 g/mol. The summed E-state index contributed by atoms with van der Waals surface area (Å²) in [4.78, 5) is 15.4. The maximum Gasteiger partial charge on any atom is 0.304 e. The van der Waals surface area contributed by atoms with Crippen LogP contribution in [0.5, 0.6) is 5.75 Å². The molecule has 0 spiro atoms. The molecule has 6 nitrogen and oxygen atoms in total. The van der Waals surface area contributed by atoms with Crippen LogP contribution in [0.2, 0.25) is 0 Å². The number of benzene rings is 2. The van der Waals surface area contributed by atoms with Crippen molar-refractivity contribution < 1.29 is 14.6 Å². The summed E-state index contributed by atoms with van der Waals surface area (Å²) in [6.07, 6.45) is 5.77. The van der Waals surface area contributed by atoms with E-state index >= 15 is 0 Å². The first kappa shape index (κ1) is 21.1. The van der Waals surface area contributed by atoms with Gasteiger partial charge in [-0.05, 0) is 47.9 Å². The van der Waals surface area contributed by atoms with Gasteiger partial charge in [-0.1, -0.05) is 36.3 Å². The minimum absolute atomic E-state index is 0.0329. The lowest BCUT2D eigenvalue weighted by Crippen LogP contribution is -2.11. The Morgan fingerprint density at radius 3 is 2.66 bits per heavy atom. The number of H-pyrrole nitrogens is 1. The fraction of sp³-hybridized carbons (Fsp3) is 0.192. The summed E-state index contributed by atoms with van der Waals surface area (Å²) >= 11 is 0. The average Bonchev–Trinajstić information content (AvgIpc) is 3.27. The Bertz CT molecular complexity index is 1250. The van der Waals surface area contributed by atoms with Crippen LogP contribution in [0.15, 0.2) is 73.2 Å². The first-order valence-corrected chi connectivity index (χ1v) is 10.3. The molecule has 32 heavy (non-hydrogen) atoms. The van der Waals surface area contributed by atoms with Crippen molar-refractivity contribution in [2.24, 2.45) is 0 Å². The summed E-state index contributed by atoms with van der Waals surface area (Å²) in [6.45, 7) is 1.71. The minimum Gasteiger partial charge on any atom is -0.485 e.